The van der Waals surface area contributed by atoms with Crippen LogP contribution in [0.4, 0.5) is 14.5 Å². The number of carbonyl (C=O) groups excluding carboxylic acids is 1. The molecule has 0 saturated carbocycles. The van der Waals surface area contributed by atoms with Crippen molar-refractivity contribution in [3.8, 4) is 23.0 Å². The quantitative estimate of drug-likeness (QED) is 0.565. The molecule has 0 spiro atoms. The van der Waals surface area contributed by atoms with Crippen LogP contribution in [0.5, 0.6) is 0 Å². The molecule has 1 N–H and O–H groups in total. The highest BCUT2D eigenvalue weighted by molar-refractivity contribution is 5.90. The fourth-order valence-electron chi connectivity index (χ4n) is 2.70. The molecule has 4 rings (SSSR count). The third-order valence-electron chi connectivity index (χ3n) is 4.01. The molecule has 0 bridgehead atoms. The van der Waals surface area contributed by atoms with Crippen molar-refractivity contribution in [1.82, 2.24) is 14.8 Å². The molecule has 140 valence electrons. The molecule has 0 aliphatic heterocycles. The maximum Gasteiger partial charge on any atom is 0.264 e. The standard InChI is InChI=1S/C20H14F2N4O2/c21-15-9-8-14(11-16(15)22)23-18(27)12-26-10-4-7-17(26)20-25-24-19(28-20)13-5-2-1-3-6-13/h1-11H,12H2,(H,23,27). The van der Waals surface area contributed by atoms with Crippen molar-refractivity contribution in [2.75, 3.05) is 5.32 Å². The average Bonchev–Trinajstić information content (AvgIpc) is 3.34. The molecular weight excluding hydrogens is 366 g/mol. The third kappa shape index (κ3) is 3.66. The Morgan fingerprint density at radius 1 is 0.964 bits per heavy atom. The van der Waals surface area contributed by atoms with Crippen LogP contribution in [0, 0.1) is 11.6 Å². The Morgan fingerprint density at radius 3 is 2.54 bits per heavy atom. The molecule has 0 radical (unpaired) electrons. The molecule has 0 saturated heterocycles. The van der Waals surface area contributed by atoms with E-state index in [0.717, 1.165) is 17.7 Å². The third-order valence-corrected chi connectivity index (χ3v) is 4.01. The highest BCUT2D eigenvalue weighted by atomic mass is 19.2. The second kappa shape index (κ2) is 7.43. The Kier molecular flexibility index (Phi) is 4.67. The lowest BCUT2D eigenvalue weighted by atomic mass is 10.2. The van der Waals surface area contributed by atoms with Crippen molar-refractivity contribution in [1.29, 1.82) is 0 Å². The number of nitrogens with zero attached hydrogens (tertiary/aromatic N) is 3. The minimum absolute atomic E-state index is 0.0651. The van der Waals surface area contributed by atoms with Gasteiger partial charge in [-0.3, -0.25) is 4.79 Å². The van der Waals surface area contributed by atoms with E-state index in [4.69, 9.17) is 4.42 Å². The zero-order chi connectivity index (χ0) is 19.5. The molecule has 0 fully saturated rings. The van der Waals surface area contributed by atoms with Crippen LogP contribution >= 0.6 is 0 Å². The van der Waals surface area contributed by atoms with Gasteiger partial charge < -0.3 is 14.3 Å². The van der Waals surface area contributed by atoms with E-state index >= 15 is 0 Å². The SMILES string of the molecule is O=C(Cn1cccc1-c1nnc(-c2ccccc2)o1)Nc1ccc(F)c(F)c1. The van der Waals surface area contributed by atoms with Gasteiger partial charge in [0.15, 0.2) is 11.6 Å². The molecule has 0 aliphatic rings. The van der Waals surface area contributed by atoms with Gasteiger partial charge in [0.25, 0.3) is 5.89 Å². The van der Waals surface area contributed by atoms with E-state index in [-0.39, 0.29) is 18.1 Å². The Bertz CT molecular complexity index is 1120. The zero-order valence-corrected chi connectivity index (χ0v) is 14.5. The summed E-state index contributed by atoms with van der Waals surface area (Å²) in [6, 6.07) is 16.0. The number of hydrogen-bond acceptors (Lipinski definition) is 4. The van der Waals surface area contributed by atoms with E-state index in [9.17, 15) is 13.6 Å². The van der Waals surface area contributed by atoms with Gasteiger partial charge in [-0.25, -0.2) is 8.78 Å². The molecule has 2 aromatic carbocycles. The van der Waals surface area contributed by atoms with Crippen molar-refractivity contribution >= 4 is 11.6 Å². The predicted molar refractivity (Wildman–Crippen MR) is 98.1 cm³/mol. The van der Waals surface area contributed by atoms with Crippen LogP contribution in [0.1, 0.15) is 0 Å². The molecule has 6 nitrogen and oxygen atoms in total. The minimum Gasteiger partial charge on any atom is -0.415 e. The lowest BCUT2D eigenvalue weighted by molar-refractivity contribution is -0.116. The number of rotatable bonds is 5. The van der Waals surface area contributed by atoms with Crippen molar-refractivity contribution < 1.29 is 18.0 Å². The Hall–Kier alpha value is -3.81. The van der Waals surface area contributed by atoms with Crippen LogP contribution < -0.4 is 5.32 Å². The van der Waals surface area contributed by atoms with Crippen molar-refractivity contribution in [3.05, 3.63) is 78.5 Å². The van der Waals surface area contributed by atoms with Crippen LogP contribution in [0.25, 0.3) is 23.0 Å². The topological polar surface area (TPSA) is 73.0 Å². The van der Waals surface area contributed by atoms with Crippen LogP contribution in [0.2, 0.25) is 0 Å². The van der Waals surface area contributed by atoms with Gasteiger partial charge in [0, 0.05) is 23.5 Å². The summed E-state index contributed by atoms with van der Waals surface area (Å²) >= 11 is 0. The van der Waals surface area contributed by atoms with Crippen molar-refractivity contribution in [3.63, 3.8) is 0 Å². The van der Waals surface area contributed by atoms with Gasteiger partial charge in [0.2, 0.25) is 11.8 Å². The van der Waals surface area contributed by atoms with Gasteiger partial charge in [-0.1, -0.05) is 18.2 Å². The summed E-state index contributed by atoms with van der Waals surface area (Å²) in [4.78, 5) is 12.3. The smallest absolute Gasteiger partial charge is 0.264 e. The molecule has 4 aromatic rings. The first-order valence-corrected chi connectivity index (χ1v) is 8.39. The number of amides is 1. The molecule has 0 aliphatic carbocycles. The first kappa shape index (κ1) is 17.6. The summed E-state index contributed by atoms with van der Waals surface area (Å²) in [5, 5.41) is 10.6. The highest BCUT2D eigenvalue weighted by Gasteiger charge is 2.15. The average molecular weight is 380 g/mol. The Balaban J connectivity index is 1.51. The van der Waals surface area contributed by atoms with E-state index in [1.807, 2.05) is 30.3 Å². The number of aromatic nitrogens is 3. The summed E-state index contributed by atoms with van der Waals surface area (Å²) < 4.78 is 33.6. The van der Waals surface area contributed by atoms with E-state index in [0.29, 0.717) is 11.6 Å². The first-order valence-electron chi connectivity index (χ1n) is 8.39. The van der Waals surface area contributed by atoms with Crippen LogP contribution in [-0.2, 0) is 11.3 Å². The zero-order valence-electron chi connectivity index (χ0n) is 14.5. The number of hydrogen-bond donors (Lipinski definition) is 1. The van der Waals surface area contributed by atoms with Gasteiger partial charge in [0.1, 0.15) is 12.2 Å². The number of nitrogens with one attached hydrogen (secondary N) is 1. The van der Waals surface area contributed by atoms with Crippen LogP contribution in [0.3, 0.4) is 0 Å². The number of carbonyl (C=O) groups is 1. The lowest BCUT2D eigenvalue weighted by Crippen LogP contribution is -2.19. The minimum atomic E-state index is -1.03. The summed E-state index contributed by atoms with van der Waals surface area (Å²) in [5.74, 6) is -1.78. The second-order valence-corrected chi connectivity index (χ2v) is 5.98. The van der Waals surface area contributed by atoms with E-state index in [1.54, 1.807) is 22.9 Å². The maximum absolute atomic E-state index is 13.3. The largest absolute Gasteiger partial charge is 0.415 e. The predicted octanol–water partition coefficient (Wildman–Crippen LogP) is 4.12. The van der Waals surface area contributed by atoms with Crippen molar-refractivity contribution in [2.45, 2.75) is 6.54 Å². The summed E-state index contributed by atoms with van der Waals surface area (Å²) in [5.41, 5.74) is 1.52. The fraction of sp³-hybridized carbons (Fsp3) is 0.0500. The van der Waals surface area contributed by atoms with Gasteiger partial charge in [-0.05, 0) is 36.4 Å². The first-order chi connectivity index (χ1) is 13.6. The molecule has 28 heavy (non-hydrogen) atoms. The Labute approximate surface area is 158 Å². The number of anilines is 1. The van der Waals surface area contributed by atoms with Crippen LogP contribution in [-0.4, -0.2) is 20.7 Å². The van der Waals surface area contributed by atoms with Gasteiger partial charge >= 0.3 is 0 Å². The summed E-state index contributed by atoms with van der Waals surface area (Å²) in [6.07, 6.45) is 1.69. The second-order valence-electron chi connectivity index (χ2n) is 5.98. The lowest BCUT2D eigenvalue weighted by Gasteiger charge is -2.08. The Morgan fingerprint density at radius 2 is 1.75 bits per heavy atom. The van der Waals surface area contributed by atoms with Gasteiger partial charge in [-0.15, -0.1) is 10.2 Å². The number of halogens is 2. The molecular formula is C20H14F2N4O2. The fourth-order valence-corrected chi connectivity index (χ4v) is 2.70. The highest BCUT2D eigenvalue weighted by Crippen LogP contribution is 2.24. The van der Waals surface area contributed by atoms with Crippen molar-refractivity contribution in [2.24, 2.45) is 0 Å². The summed E-state index contributed by atoms with van der Waals surface area (Å²) in [6.45, 7) is -0.0651. The van der Waals surface area contributed by atoms with E-state index in [1.165, 1.54) is 6.07 Å². The normalized spacial score (nSPS) is 10.8. The van der Waals surface area contributed by atoms with Gasteiger partial charge in [-0.2, -0.15) is 0 Å². The molecule has 8 heteroatoms. The van der Waals surface area contributed by atoms with E-state index in [2.05, 4.69) is 15.5 Å². The number of benzene rings is 2. The molecule has 2 aromatic heterocycles. The van der Waals surface area contributed by atoms with Gasteiger partial charge in [0.05, 0.1) is 0 Å². The molecule has 0 atom stereocenters. The molecule has 0 unspecified atom stereocenters. The molecule has 2 heterocycles. The van der Waals surface area contributed by atoms with Crippen LogP contribution in [0.15, 0.2) is 71.3 Å². The maximum atomic E-state index is 13.3. The van der Waals surface area contributed by atoms with E-state index < -0.39 is 17.5 Å². The monoisotopic (exact) mass is 380 g/mol. The summed E-state index contributed by atoms with van der Waals surface area (Å²) in [7, 11) is 0. The molecule has 1 amide bonds.